The van der Waals surface area contributed by atoms with E-state index in [2.05, 4.69) is 4.90 Å². The predicted octanol–water partition coefficient (Wildman–Crippen LogP) is 2.66. The summed E-state index contributed by atoms with van der Waals surface area (Å²) < 4.78 is 16.1. The molecule has 3 rings (SSSR count). The van der Waals surface area contributed by atoms with Gasteiger partial charge in [0.15, 0.2) is 6.61 Å². The summed E-state index contributed by atoms with van der Waals surface area (Å²) >= 11 is 0. The van der Waals surface area contributed by atoms with Crippen LogP contribution in [-0.2, 0) is 14.3 Å². The van der Waals surface area contributed by atoms with Crippen molar-refractivity contribution in [2.24, 2.45) is 0 Å². The highest BCUT2D eigenvalue weighted by atomic mass is 16.5. The fourth-order valence-corrected chi connectivity index (χ4v) is 3.35. The summed E-state index contributed by atoms with van der Waals surface area (Å²) in [6.07, 6.45) is 0.100. The Labute approximate surface area is 177 Å². The summed E-state index contributed by atoms with van der Waals surface area (Å²) in [5.74, 6) is 0.914. The molecule has 2 aromatic carbocycles. The van der Waals surface area contributed by atoms with Crippen molar-refractivity contribution in [3.8, 4) is 11.5 Å². The van der Waals surface area contributed by atoms with Gasteiger partial charge in [0.05, 0.1) is 25.8 Å². The maximum Gasteiger partial charge on any atom is 0.309 e. The molecule has 1 fully saturated rings. The average molecular weight is 412 g/mol. The molecule has 0 radical (unpaired) electrons. The van der Waals surface area contributed by atoms with Crippen LogP contribution in [0.3, 0.4) is 0 Å². The third-order valence-electron chi connectivity index (χ3n) is 4.98. The molecular formula is C23H28N2O5. The monoisotopic (exact) mass is 412 g/mol. The van der Waals surface area contributed by atoms with E-state index in [-0.39, 0.29) is 25.5 Å². The van der Waals surface area contributed by atoms with E-state index in [4.69, 9.17) is 14.2 Å². The number of amides is 1. The Morgan fingerprint density at radius 2 is 1.77 bits per heavy atom. The molecule has 1 aliphatic rings. The summed E-state index contributed by atoms with van der Waals surface area (Å²) in [4.78, 5) is 28.2. The minimum Gasteiger partial charge on any atom is -0.495 e. The van der Waals surface area contributed by atoms with Crippen molar-refractivity contribution in [1.82, 2.24) is 4.90 Å². The van der Waals surface area contributed by atoms with Gasteiger partial charge in [-0.1, -0.05) is 24.3 Å². The number of aryl methyl sites for hydroxylation is 1. The Morgan fingerprint density at radius 3 is 2.50 bits per heavy atom. The number of anilines is 1. The number of piperazine rings is 1. The van der Waals surface area contributed by atoms with Crippen molar-refractivity contribution < 1.29 is 23.8 Å². The maximum absolute atomic E-state index is 12.4. The summed E-state index contributed by atoms with van der Waals surface area (Å²) in [7, 11) is 1.65. The summed E-state index contributed by atoms with van der Waals surface area (Å²) in [5.41, 5.74) is 2.11. The molecule has 0 saturated carbocycles. The Hall–Kier alpha value is -3.22. The zero-order valence-electron chi connectivity index (χ0n) is 17.5. The maximum atomic E-state index is 12.4. The minimum atomic E-state index is -0.441. The van der Waals surface area contributed by atoms with Crippen LogP contribution in [0.25, 0.3) is 0 Å². The molecule has 0 atom stereocenters. The molecule has 1 amide bonds. The molecule has 1 saturated heterocycles. The standard InChI is InChI=1S/C23H28N2O5/c1-18-6-5-7-19(16-18)29-15-10-23(27)30-17-22(26)25-13-11-24(12-14-25)20-8-3-4-9-21(20)28-2/h3-9,16H,10-15,17H2,1-2H3. The average Bonchev–Trinajstić information content (AvgIpc) is 2.77. The smallest absolute Gasteiger partial charge is 0.309 e. The van der Waals surface area contributed by atoms with Crippen LogP contribution >= 0.6 is 0 Å². The van der Waals surface area contributed by atoms with E-state index in [0.29, 0.717) is 31.9 Å². The van der Waals surface area contributed by atoms with Crippen molar-refractivity contribution in [2.45, 2.75) is 13.3 Å². The molecule has 0 spiro atoms. The van der Waals surface area contributed by atoms with Crippen LogP contribution < -0.4 is 14.4 Å². The van der Waals surface area contributed by atoms with Crippen LogP contribution in [0.5, 0.6) is 11.5 Å². The second-order valence-corrected chi connectivity index (χ2v) is 7.12. The molecule has 0 aliphatic carbocycles. The number of carbonyl (C=O) groups excluding carboxylic acids is 2. The molecular weight excluding hydrogens is 384 g/mol. The second kappa shape index (κ2) is 10.5. The third kappa shape index (κ3) is 5.89. The van der Waals surface area contributed by atoms with Crippen LogP contribution in [0.2, 0.25) is 0 Å². The van der Waals surface area contributed by atoms with Crippen molar-refractivity contribution >= 4 is 17.6 Å². The normalized spacial score (nSPS) is 13.7. The van der Waals surface area contributed by atoms with E-state index in [1.54, 1.807) is 12.0 Å². The second-order valence-electron chi connectivity index (χ2n) is 7.12. The summed E-state index contributed by atoms with van der Waals surface area (Å²) in [6.45, 7) is 4.50. The van der Waals surface area contributed by atoms with Gasteiger partial charge >= 0.3 is 5.97 Å². The molecule has 7 heteroatoms. The number of benzene rings is 2. The van der Waals surface area contributed by atoms with Gasteiger partial charge in [-0.05, 0) is 36.8 Å². The van der Waals surface area contributed by atoms with Crippen LogP contribution in [0.4, 0.5) is 5.69 Å². The van der Waals surface area contributed by atoms with Gasteiger partial charge in [-0.2, -0.15) is 0 Å². The number of para-hydroxylation sites is 2. The van der Waals surface area contributed by atoms with Gasteiger partial charge < -0.3 is 24.0 Å². The zero-order valence-corrected chi connectivity index (χ0v) is 17.5. The van der Waals surface area contributed by atoms with Crippen molar-refractivity contribution in [1.29, 1.82) is 0 Å². The van der Waals surface area contributed by atoms with E-state index in [9.17, 15) is 9.59 Å². The highest BCUT2D eigenvalue weighted by molar-refractivity contribution is 5.81. The number of methoxy groups -OCH3 is 1. The van der Waals surface area contributed by atoms with E-state index >= 15 is 0 Å². The van der Waals surface area contributed by atoms with Crippen molar-refractivity contribution in [3.63, 3.8) is 0 Å². The third-order valence-corrected chi connectivity index (χ3v) is 4.98. The first-order valence-corrected chi connectivity index (χ1v) is 10.1. The molecule has 0 bridgehead atoms. The van der Waals surface area contributed by atoms with Crippen LogP contribution in [0, 0.1) is 6.92 Å². The SMILES string of the molecule is COc1ccccc1N1CCN(C(=O)COC(=O)CCOc2cccc(C)c2)CC1. The van der Waals surface area contributed by atoms with Crippen molar-refractivity contribution in [2.75, 3.05) is 51.4 Å². The topological polar surface area (TPSA) is 68.3 Å². The van der Waals surface area contributed by atoms with Gasteiger partial charge in [0.2, 0.25) is 0 Å². The van der Waals surface area contributed by atoms with Gasteiger partial charge in [-0.3, -0.25) is 9.59 Å². The zero-order chi connectivity index (χ0) is 21.3. The lowest BCUT2D eigenvalue weighted by atomic mass is 10.2. The van der Waals surface area contributed by atoms with E-state index in [0.717, 1.165) is 17.0 Å². The van der Waals surface area contributed by atoms with E-state index in [1.165, 1.54) is 0 Å². The molecule has 1 heterocycles. The van der Waals surface area contributed by atoms with Gasteiger partial charge in [-0.25, -0.2) is 0 Å². The lowest BCUT2D eigenvalue weighted by Crippen LogP contribution is -2.50. The van der Waals surface area contributed by atoms with E-state index < -0.39 is 5.97 Å². The Bertz CT molecular complexity index is 862. The van der Waals surface area contributed by atoms with Gasteiger partial charge in [-0.15, -0.1) is 0 Å². The minimum absolute atomic E-state index is 0.100. The number of hydrogen-bond acceptors (Lipinski definition) is 6. The fraction of sp³-hybridized carbons (Fsp3) is 0.391. The number of nitrogens with zero attached hydrogens (tertiary/aromatic N) is 2. The molecule has 160 valence electrons. The first-order chi connectivity index (χ1) is 14.6. The number of rotatable bonds is 8. The fourth-order valence-electron chi connectivity index (χ4n) is 3.35. The Morgan fingerprint density at radius 1 is 1.00 bits per heavy atom. The number of esters is 1. The largest absolute Gasteiger partial charge is 0.495 e. The van der Waals surface area contributed by atoms with Gasteiger partial charge in [0.1, 0.15) is 11.5 Å². The number of carbonyl (C=O) groups is 2. The molecule has 30 heavy (non-hydrogen) atoms. The predicted molar refractivity (Wildman–Crippen MR) is 114 cm³/mol. The highest BCUT2D eigenvalue weighted by Crippen LogP contribution is 2.28. The van der Waals surface area contributed by atoms with E-state index in [1.807, 2.05) is 55.5 Å². The lowest BCUT2D eigenvalue weighted by Gasteiger charge is -2.36. The van der Waals surface area contributed by atoms with Crippen LogP contribution in [0.1, 0.15) is 12.0 Å². The van der Waals surface area contributed by atoms with Gasteiger partial charge in [0, 0.05) is 26.2 Å². The first-order valence-electron chi connectivity index (χ1n) is 10.1. The number of ether oxygens (including phenoxy) is 3. The van der Waals surface area contributed by atoms with Gasteiger partial charge in [0.25, 0.3) is 5.91 Å². The van der Waals surface area contributed by atoms with Crippen LogP contribution in [0.15, 0.2) is 48.5 Å². The summed E-state index contributed by atoms with van der Waals surface area (Å²) in [6, 6.07) is 15.5. The van der Waals surface area contributed by atoms with Crippen molar-refractivity contribution in [3.05, 3.63) is 54.1 Å². The summed E-state index contributed by atoms with van der Waals surface area (Å²) in [5, 5.41) is 0. The lowest BCUT2D eigenvalue weighted by molar-refractivity contribution is -0.152. The molecule has 1 aliphatic heterocycles. The molecule has 0 N–H and O–H groups in total. The quantitative estimate of drug-likeness (QED) is 0.621. The first kappa shape index (κ1) is 21.5. The highest BCUT2D eigenvalue weighted by Gasteiger charge is 2.23. The molecule has 7 nitrogen and oxygen atoms in total. The molecule has 0 aromatic heterocycles. The van der Waals surface area contributed by atoms with Crippen LogP contribution in [-0.4, -0.2) is 63.3 Å². The Balaban J connectivity index is 1.37. The molecule has 0 unspecified atom stereocenters. The molecule has 2 aromatic rings. The Kier molecular flexibility index (Phi) is 7.54. The number of hydrogen-bond donors (Lipinski definition) is 0.